The van der Waals surface area contributed by atoms with Crippen molar-refractivity contribution in [3.05, 3.63) is 0 Å². The predicted octanol–water partition coefficient (Wildman–Crippen LogP) is 8.70. The maximum atomic E-state index is 7.51. The van der Waals surface area contributed by atoms with Crippen molar-refractivity contribution in [1.29, 1.82) is 0 Å². The average molecular weight is 564 g/mol. The molecular formula is C27H65NO3Si4. The molecule has 0 aliphatic carbocycles. The maximum absolute atomic E-state index is 7.51. The Morgan fingerprint density at radius 2 is 1.17 bits per heavy atom. The summed E-state index contributed by atoms with van der Waals surface area (Å²) in [4.78, 5) is 0. The highest BCUT2D eigenvalue weighted by Gasteiger charge is 2.56. The van der Waals surface area contributed by atoms with Gasteiger partial charge in [0.15, 0.2) is 16.6 Å². The van der Waals surface area contributed by atoms with Gasteiger partial charge in [-0.2, -0.15) is 0 Å². The van der Waals surface area contributed by atoms with Gasteiger partial charge in [0.1, 0.15) is 0 Å². The summed E-state index contributed by atoms with van der Waals surface area (Å²) in [6.07, 6.45) is 5.13. The number of hydrogen-bond donors (Lipinski definition) is 1. The van der Waals surface area contributed by atoms with Gasteiger partial charge >= 0.3 is 0 Å². The normalized spacial score (nSPS) is 21.5. The minimum absolute atomic E-state index is 0.0452. The van der Waals surface area contributed by atoms with Crippen LogP contribution in [-0.2, 0) is 13.3 Å². The van der Waals surface area contributed by atoms with Crippen molar-refractivity contribution < 1.29 is 13.3 Å². The summed E-state index contributed by atoms with van der Waals surface area (Å²) in [6.45, 7) is 38.6. The summed E-state index contributed by atoms with van der Waals surface area (Å²) in [6, 6.07) is 1.10. The third kappa shape index (κ3) is 8.87. The molecule has 8 heteroatoms. The highest BCUT2D eigenvalue weighted by atomic mass is 28.4. The zero-order valence-electron chi connectivity index (χ0n) is 26.8. The Morgan fingerprint density at radius 1 is 0.686 bits per heavy atom. The lowest BCUT2D eigenvalue weighted by atomic mass is 9.97. The Bertz CT molecular complexity index is 651. The van der Waals surface area contributed by atoms with E-state index in [1.165, 1.54) is 0 Å². The summed E-state index contributed by atoms with van der Waals surface area (Å²) in [7, 11) is -7.76. The van der Waals surface area contributed by atoms with Crippen LogP contribution in [0.3, 0.4) is 0 Å². The molecule has 0 heterocycles. The van der Waals surface area contributed by atoms with E-state index in [1.807, 2.05) is 0 Å². The van der Waals surface area contributed by atoms with Crippen molar-refractivity contribution in [1.82, 2.24) is 0 Å². The summed E-state index contributed by atoms with van der Waals surface area (Å²) in [5.41, 5.74) is 6.23. The molecule has 0 fully saturated rings. The fraction of sp³-hybridized carbons (Fsp3) is 1.00. The minimum atomic E-state index is -2.25. The summed E-state index contributed by atoms with van der Waals surface area (Å²) in [5, 5.41) is -0.255. The van der Waals surface area contributed by atoms with Crippen LogP contribution in [0.1, 0.15) is 80.6 Å². The lowest BCUT2D eigenvalue weighted by Crippen LogP contribution is -2.65. The Hall–Kier alpha value is 0.708. The molecule has 0 aliphatic rings. The van der Waals surface area contributed by atoms with E-state index in [9.17, 15) is 0 Å². The van der Waals surface area contributed by atoms with Crippen LogP contribution in [0.4, 0.5) is 0 Å². The quantitative estimate of drug-likeness (QED) is 0.180. The van der Waals surface area contributed by atoms with Crippen molar-refractivity contribution in [2.75, 3.05) is 6.54 Å². The third-order valence-corrected chi connectivity index (χ3v) is 23.0. The fourth-order valence-electron chi connectivity index (χ4n) is 5.91. The van der Waals surface area contributed by atoms with Gasteiger partial charge in [-0.15, -0.1) is 0 Å². The van der Waals surface area contributed by atoms with Crippen LogP contribution >= 0.6 is 0 Å². The van der Waals surface area contributed by atoms with E-state index >= 15 is 0 Å². The zero-order chi connectivity index (χ0) is 28.1. The first-order chi connectivity index (χ1) is 15.6. The molecule has 0 saturated carbocycles. The van der Waals surface area contributed by atoms with Gasteiger partial charge in [-0.1, -0.05) is 53.8 Å². The minimum Gasteiger partial charge on any atom is -0.414 e. The van der Waals surface area contributed by atoms with E-state index < -0.39 is 33.0 Å². The molecule has 0 amide bonds. The van der Waals surface area contributed by atoms with Gasteiger partial charge in [0, 0.05) is 10.8 Å². The predicted molar refractivity (Wildman–Crippen MR) is 168 cm³/mol. The van der Waals surface area contributed by atoms with Gasteiger partial charge < -0.3 is 19.0 Å². The molecule has 212 valence electrons. The molecule has 0 rings (SSSR count). The Kier molecular flexibility index (Phi) is 13.0. The van der Waals surface area contributed by atoms with Crippen LogP contribution in [0.15, 0.2) is 0 Å². The van der Waals surface area contributed by atoms with E-state index in [0.717, 1.165) is 44.7 Å². The Balaban J connectivity index is 6.61. The van der Waals surface area contributed by atoms with E-state index in [-0.39, 0.29) is 16.0 Å². The topological polar surface area (TPSA) is 53.7 Å². The summed E-state index contributed by atoms with van der Waals surface area (Å²) >= 11 is 0. The zero-order valence-corrected chi connectivity index (χ0v) is 30.8. The molecule has 0 spiro atoms. The van der Waals surface area contributed by atoms with Crippen LogP contribution in [0.25, 0.3) is 0 Å². The van der Waals surface area contributed by atoms with Crippen molar-refractivity contribution in [2.45, 2.75) is 167 Å². The Labute approximate surface area is 225 Å². The fourth-order valence-corrected chi connectivity index (χ4v) is 20.0. The standard InChI is InChI=1S/C27H65NO3Si4/c1-17-24(35(16,23-21-22-28)31-26(6,19-3)32(8,9)10)25(5,18-2)29-34(14,15)27(7,20-4)30-33(11,12)13/h24H,17-23,28H2,1-16H3/t24?,25?,26-,27?,35?/m0/s1. The highest BCUT2D eigenvalue weighted by Crippen LogP contribution is 2.49. The lowest BCUT2D eigenvalue weighted by molar-refractivity contribution is 0.0184. The van der Waals surface area contributed by atoms with Crippen LogP contribution in [-0.4, -0.2) is 55.6 Å². The van der Waals surface area contributed by atoms with Crippen LogP contribution < -0.4 is 5.73 Å². The van der Waals surface area contributed by atoms with Crippen LogP contribution in [0.5, 0.6) is 0 Å². The molecule has 0 aromatic rings. The first-order valence-electron chi connectivity index (χ1n) is 14.4. The lowest BCUT2D eigenvalue weighted by Gasteiger charge is -2.55. The van der Waals surface area contributed by atoms with Gasteiger partial charge in [0.05, 0.1) is 18.9 Å². The second-order valence-corrected chi connectivity index (χ2v) is 32.5. The van der Waals surface area contributed by atoms with E-state index in [0.29, 0.717) is 5.54 Å². The Morgan fingerprint density at radius 3 is 1.49 bits per heavy atom. The third-order valence-electron chi connectivity index (χ3n) is 9.15. The molecule has 0 saturated heterocycles. The van der Waals surface area contributed by atoms with Crippen molar-refractivity contribution in [2.24, 2.45) is 5.73 Å². The first kappa shape index (κ1) is 35.7. The van der Waals surface area contributed by atoms with Crippen molar-refractivity contribution >= 4 is 33.0 Å². The van der Waals surface area contributed by atoms with Gasteiger partial charge in [-0.3, -0.25) is 0 Å². The molecule has 0 aromatic heterocycles. The van der Waals surface area contributed by atoms with Gasteiger partial charge in [0.2, 0.25) is 8.32 Å². The molecule has 4 nitrogen and oxygen atoms in total. The molecule has 0 aromatic carbocycles. The second kappa shape index (κ2) is 12.7. The van der Waals surface area contributed by atoms with E-state index in [1.54, 1.807) is 0 Å². The molecule has 0 aliphatic heterocycles. The smallest absolute Gasteiger partial charge is 0.217 e. The van der Waals surface area contributed by atoms with Crippen molar-refractivity contribution in [3.8, 4) is 0 Å². The van der Waals surface area contributed by atoms with Gasteiger partial charge in [-0.05, 0) is 98.3 Å². The van der Waals surface area contributed by atoms with Gasteiger partial charge in [-0.25, -0.2) is 0 Å². The number of hydrogen-bond acceptors (Lipinski definition) is 4. The highest BCUT2D eigenvalue weighted by molar-refractivity contribution is 6.81. The molecule has 5 atom stereocenters. The molecule has 35 heavy (non-hydrogen) atoms. The number of nitrogens with two attached hydrogens (primary N) is 1. The largest absolute Gasteiger partial charge is 0.414 e. The molecule has 0 bridgehead atoms. The van der Waals surface area contributed by atoms with E-state index in [4.69, 9.17) is 19.0 Å². The SMILES string of the molecule is CCC(C(C)(CC)O[Si](C)(C)C(C)(CC)O[Si](C)(C)C)[Si](C)(CCCN)O[C@](C)(CC)[Si](C)(C)C. The first-order valence-corrected chi connectivity index (χ1v) is 26.9. The van der Waals surface area contributed by atoms with E-state index in [2.05, 4.69) is 107 Å². The maximum Gasteiger partial charge on any atom is 0.217 e. The monoisotopic (exact) mass is 563 g/mol. The number of rotatable bonds is 17. The van der Waals surface area contributed by atoms with Gasteiger partial charge in [0.25, 0.3) is 0 Å². The van der Waals surface area contributed by atoms with Crippen LogP contribution in [0.2, 0.25) is 70.5 Å². The summed E-state index contributed by atoms with van der Waals surface area (Å²) < 4.78 is 21.8. The molecule has 4 unspecified atom stereocenters. The average Bonchev–Trinajstić information content (AvgIpc) is 2.69. The molecule has 0 radical (unpaired) electrons. The second-order valence-electron chi connectivity index (χ2n) is 14.2. The molecular weight excluding hydrogens is 499 g/mol. The molecule has 2 N–H and O–H groups in total. The van der Waals surface area contributed by atoms with Crippen molar-refractivity contribution in [3.63, 3.8) is 0 Å². The summed E-state index contributed by atoms with van der Waals surface area (Å²) in [5.74, 6) is 0. The van der Waals surface area contributed by atoms with Crippen LogP contribution in [0, 0.1) is 0 Å².